The van der Waals surface area contributed by atoms with Crippen molar-refractivity contribution < 1.29 is 49.1 Å². The van der Waals surface area contributed by atoms with Crippen LogP contribution in [0.15, 0.2) is 222 Å². The maximum Gasteiger partial charge on any atom is 0.412 e. The first-order valence-corrected chi connectivity index (χ1v) is 46.6. The third kappa shape index (κ3) is 31.4. The summed E-state index contributed by atoms with van der Waals surface area (Å²) in [6, 6.07) is 58.1. The van der Waals surface area contributed by atoms with Gasteiger partial charge in [-0.3, -0.25) is 45.4 Å². The normalized spacial score (nSPS) is 20.7. The van der Waals surface area contributed by atoms with E-state index in [0.717, 1.165) is 83.1 Å². The zero-order chi connectivity index (χ0) is 85.9. The number of aliphatic imine (C=N–C) groups is 6. The molecule has 1 fully saturated rings. The van der Waals surface area contributed by atoms with Crippen molar-refractivity contribution >= 4 is 187 Å². The van der Waals surface area contributed by atoms with Gasteiger partial charge in [0.25, 0.3) is 0 Å². The number of halogens is 1. The minimum Gasteiger partial charge on any atom is -0.508 e. The molecule has 8 aromatic rings. The highest BCUT2D eigenvalue weighted by Gasteiger charge is 2.43. The number of nitrogens with zero attached hydrogens (tertiary/aromatic N) is 7. The zero-order valence-corrected chi connectivity index (χ0v) is 76.7. The second-order valence-electron chi connectivity index (χ2n) is 29.9. The molecule has 7 aliphatic rings. The number of aromatic hydroxyl groups is 1. The number of aromatic nitrogens is 1. The lowest BCUT2D eigenvalue weighted by Crippen LogP contribution is -2.34. The smallest absolute Gasteiger partial charge is 0.412 e. The summed E-state index contributed by atoms with van der Waals surface area (Å²) in [6.07, 6.45) is 1.64. The summed E-state index contributed by atoms with van der Waals surface area (Å²) in [6.45, 7) is 28.0. The summed E-state index contributed by atoms with van der Waals surface area (Å²) in [7, 11) is 0. The SMILES string of the molecule is CC(=O)Nc1cccc(C2=N[C@@H](C(=O)O)C(C)(C)S2)c1.CC1CSC(c2cccc(NC(=O)OC(C)(C)C)c2)=N1.CCC1=N[C@H](C)CS1.C[C@@H]1CSC(c2ccccc2O)N1.C[C@@H]1N=C(c2ccc(Br)cc2)SC1(C)C.Cc1csc(Cc2ccccc2)n1.Nc1cccc(C2=NC(C(=O)O)CS2)c1.O=C(O)C1CSC(c2ccccc2)=N1. The number of aliphatic carboxylic acids is 3. The number of anilines is 3. The van der Waals surface area contributed by atoms with Crippen LogP contribution in [0.5, 0.6) is 5.75 Å². The van der Waals surface area contributed by atoms with Crippen LogP contribution in [0.1, 0.15) is 151 Å². The Labute approximate surface area is 735 Å². The van der Waals surface area contributed by atoms with E-state index in [1.807, 2.05) is 180 Å². The number of carbonyl (C=O) groups is 5. The molecule has 0 bridgehead atoms. The van der Waals surface area contributed by atoms with Gasteiger partial charge in [0.05, 0.1) is 58.8 Å². The largest absolute Gasteiger partial charge is 0.508 e. The molecule has 626 valence electrons. The highest BCUT2D eigenvalue weighted by molar-refractivity contribution is 9.10. The number of para-hydroxylation sites is 1. The van der Waals surface area contributed by atoms with Gasteiger partial charge in [0.1, 0.15) is 11.4 Å². The summed E-state index contributed by atoms with van der Waals surface area (Å²) in [5, 5.41) is 54.6. The third-order valence-corrected chi connectivity index (χ3v) is 27.9. The number of thioether (sulfide) groups is 7. The van der Waals surface area contributed by atoms with Crippen molar-refractivity contribution in [2.75, 3.05) is 45.1 Å². The molecule has 9 N–H and O–H groups in total. The molecule has 8 heterocycles. The fourth-order valence-electron chi connectivity index (χ4n) is 11.3. The van der Waals surface area contributed by atoms with E-state index in [2.05, 4.69) is 164 Å². The number of hydrogen-bond acceptors (Lipinski definition) is 24. The molecule has 118 heavy (non-hydrogen) atoms. The predicted octanol–water partition coefficient (Wildman–Crippen LogP) is 20.3. The molecular weight excluding hydrogens is 1710 g/mol. The highest BCUT2D eigenvalue weighted by atomic mass is 79.9. The molecule has 0 radical (unpaired) electrons. The van der Waals surface area contributed by atoms with Crippen LogP contribution < -0.4 is 21.7 Å². The maximum absolute atomic E-state index is 11.7. The number of thiazole rings is 1. The van der Waals surface area contributed by atoms with E-state index >= 15 is 0 Å². The Hall–Kier alpha value is -8.17. The number of carboxylic acids is 3. The molecule has 0 saturated carbocycles. The van der Waals surface area contributed by atoms with E-state index in [4.69, 9.17) is 25.7 Å². The van der Waals surface area contributed by atoms with Gasteiger partial charge in [0.15, 0.2) is 18.1 Å². The van der Waals surface area contributed by atoms with Gasteiger partial charge in [-0.2, -0.15) is 0 Å². The predicted molar refractivity (Wildman–Crippen MR) is 507 cm³/mol. The molecule has 8 atom stereocenters. The lowest BCUT2D eigenvalue weighted by Gasteiger charge is -2.20. The topological polar surface area (TPSA) is 325 Å². The first-order valence-electron chi connectivity index (χ1n) is 38.3. The average Bonchev–Trinajstić information content (AvgIpc) is 1.65. The number of benzene rings is 7. The number of nitrogen functional groups attached to an aromatic ring is 1. The van der Waals surface area contributed by atoms with E-state index in [1.54, 1.807) is 53.4 Å². The molecular formula is C88H104BrN11O10S8. The lowest BCUT2D eigenvalue weighted by molar-refractivity contribution is -0.139. The standard InChI is InChI=1S/C15H20N2O2S.C14H16N2O3S.C12H14BrNS.C11H11NS.C10H10N2O2S.C10H9NO2S.C10H13NOS.C6H11NS/c1-10-9-20-13(16-10)11-6-5-7-12(8-11)17-14(18)19-15(2,3)4;1-8(17)15-10-6-4-5-9(7-10)12-16-11(13(18)19)14(2,3)20-12;1-8-12(2,3)15-11(14-8)9-4-6-10(13)7-5-9;1-9-8-13-11(12-9)7-10-5-3-2-4-6-10;11-7-3-1-2-6(4-7)9-12-8(5-15-9)10(13)14;12-10(13)8-6-14-9(11-8)7-4-2-1-3-5-7;1-7-6-13-10(11-7)8-4-2-3-5-9(8)12;1-3-6-7-5(2)4-8-6/h5-8,10H,9H2,1-4H3,(H,17,18);4-7,11H,1-3H3,(H,15,17)(H,18,19);4-8H,1-3H3;2-6,8H,7H2,1H3;1-4,8H,5,11H2,(H,13,14);1-5,8H,6H2,(H,12,13);2-5,7,10-12H,6H2,1H3;5H,3-4H2,1-2H3/t;11-;8-;;;;7-,10?;5-/m.00...11/s1. The monoisotopic (exact) mass is 1810 g/mol. The third-order valence-electron chi connectivity index (χ3n) is 17.5. The minimum atomic E-state index is -0.921. The summed E-state index contributed by atoms with van der Waals surface area (Å²) < 4.78 is 6.10. The van der Waals surface area contributed by atoms with E-state index < -0.39 is 52.5 Å². The number of ether oxygens (including phenoxy) is 1. The second-order valence-corrected chi connectivity index (χ2v) is 40.3. The molecule has 30 heteroatoms. The second kappa shape index (κ2) is 46.0. The van der Waals surface area contributed by atoms with Crippen LogP contribution in [0.3, 0.4) is 0 Å². The van der Waals surface area contributed by atoms with Crippen molar-refractivity contribution in [1.82, 2.24) is 10.3 Å². The minimum absolute atomic E-state index is 0.146. The Morgan fingerprint density at radius 2 is 1.08 bits per heavy atom. The Balaban J connectivity index is 0.000000170. The van der Waals surface area contributed by atoms with Gasteiger partial charge >= 0.3 is 24.0 Å². The fraction of sp³-hybridized carbons (Fsp3) is 0.364. The number of hydrogen-bond donors (Lipinski definition) is 8. The van der Waals surface area contributed by atoms with Crippen LogP contribution in [-0.4, -0.2) is 172 Å². The van der Waals surface area contributed by atoms with Gasteiger partial charge < -0.3 is 36.2 Å². The summed E-state index contributed by atoms with van der Waals surface area (Å²) in [5.41, 5.74) is 15.6. The van der Waals surface area contributed by atoms with Crippen LogP contribution >= 0.6 is 110 Å². The van der Waals surface area contributed by atoms with Crippen LogP contribution in [-0.2, 0) is 30.3 Å². The fourth-order valence-corrected chi connectivity index (χ4v) is 20.0. The summed E-state index contributed by atoms with van der Waals surface area (Å²) in [4.78, 5) is 86.0. The number of amides is 2. The number of nitrogens with one attached hydrogen (secondary N) is 3. The first-order chi connectivity index (χ1) is 56.0. The number of carboxylic acid groups (broad SMARTS) is 3. The number of carbonyl (C=O) groups excluding carboxylic acids is 2. The molecule has 7 aliphatic heterocycles. The van der Waals surface area contributed by atoms with Crippen molar-refractivity contribution in [2.24, 2.45) is 30.0 Å². The van der Waals surface area contributed by atoms with Crippen LogP contribution in [0.2, 0.25) is 0 Å². The molecule has 1 aromatic heterocycles. The van der Waals surface area contributed by atoms with E-state index in [-0.39, 0.29) is 16.0 Å². The average molecular weight is 1810 g/mol. The van der Waals surface area contributed by atoms with Gasteiger partial charge in [-0.25, -0.2) is 24.2 Å². The Morgan fingerprint density at radius 1 is 0.568 bits per heavy atom. The molecule has 7 aromatic carbocycles. The van der Waals surface area contributed by atoms with Crippen molar-refractivity contribution in [3.05, 3.63) is 241 Å². The highest BCUT2D eigenvalue weighted by Crippen LogP contribution is 2.42. The molecule has 0 aliphatic carbocycles. The summed E-state index contributed by atoms with van der Waals surface area (Å²) in [5.74, 6) is 1.97. The lowest BCUT2D eigenvalue weighted by atomic mass is 10.0. The number of rotatable bonds is 14. The molecule has 2 amide bonds. The van der Waals surface area contributed by atoms with Gasteiger partial charge in [0.2, 0.25) is 5.91 Å². The first kappa shape index (κ1) is 95.3. The van der Waals surface area contributed by atoms with Crippen LogP contribution in [0, 0.1) is 6.92 Å². The molecule has 15 rings (SSSR count). The number of phenolic OH excluding ortho intramolecular Hbond substituents is 1. The van der Waals surface area contributed by atoms with Gasteiger partial charge in [-0.15, -0.1) is 70.1 Å². The Bertz CT molecular complexity index is 4910. The van der Waals surface area contributed by atoms with Gasteiger partial charge in [0, 0.05) is 124 Å². The van der Waals surface area contributed by atoms with Crippen molar-refractivity contribution in [3.63, 3.8) is 0 Å². The van der Waals surface area contributed by atoms with Crippen molar-refractivity contribution in [1.29, 1.82) is 0 Å². The molecule has 21 nitrogen and oxygen atoms in total. The zero-order valence-electron chi connectivity index (χ0n) is 68.6. The van der Waals surface area contributed by atoms with Gasteiger partial charge in [-0.05, 0) is 150 Å². The van der Waals surface area contributed by atoms with Crippen LogP contribution in [0.25, 0.3) is 0 Å². The molecule has 0 spiro atoms. The van der Waals surface area contributed by atoms with Gasteiger partial charge in [-0.1, -0.05) is 174 Å². The number of aryl methyl sites for hydroxylation is 1. The summed E-state index contributed by atoms with van der Waals surface area (Å²) >= 11 is 16.9. The van der Waals surface area contributed by atoms with Crippen molar-refractivity contribution in [2.45, 2.75) is 173 Å². The van der Waals surface area contributed by atoms with E-state index in [0.29, 0.717) is 57.8 Å². The Morgan fingerprint density at radius 3 is 1.55 bits per heavy atom. The number of phenols is 1. The van der Waals surface area contributed by atoms with E-state index in [9.17, 15) is 34.2 Å². The maximum atomic E-state index is 11.7. The Kier molecular flexibility index (Phi) is 37.2. The number of nitrogens with two attached hydrogens (primary N) is 1. The molecule has 1 saturated heterocycles. The van der Waals surface area contributed by atoms with Crippen molar-refractivity contribution in [3.8, 4) is 5.75 Å². The van der Waals surface area contributed by atoms with Crippen LogP contribution in [0.4, 0.5) is 21.9 Å². The molecule has 4 unspecified atom stereocenters. The van der Waals surface area contributed by atoms with E-state index in [1.165, 1.54) is 74.2 Å². The quantitative estimate of drug-likeness (QED) is 0.0469.